The van der Waals surface area contributed by atoms with E-state index in [0.29, 0.717) is 0 Å². The number of carbonyl (C=O) groups is 1. The van der Waals surface area contributed by atoms with Gasteiger partial charge in [-0.2, -0.15) is 0 Å². The van der Waals surface area contributed by atoms with Crippen molar-refractivity contribution < 1.29 is 4.79 Å². The highest BCUT2D eigenvalue weighted by Gasteiger charge is 2.48. The van der Waals surface area contributed by atoms with Crippen molar-refractivity contribution in [3.63, 3.8) is 0 Å². The number of nitrogens with zero attached hydrogens (tertiary/aromatic N) is 2. The monoisotopic (exact) mass is 305 g/mol. The van der Waals surface area contributed by atoms with Gasteiger partial charge in [-0.25, -0.2) is 4.99 Å². The van der Waals surface area contributed by atoms with E-state index in [-0.39, 0.29) is 17.8 Å². The molecule has 0 saturated heterocycles. The predicted molar refractivity (Wildman–Crippen MR) is 83.1 cm³/mol. The Bertz CT molecular complexity index is 648. The van der Waals surface area contributed by atoms with E-state index >= 15 is 0 Å². The molecule has 0 bridgehead atoms. The number of nitrogens with two attached hydrogens (primary N) is 1. The van der Waals surface area contributed by atoms with Crippen LogP contribution in [0.5, 0.6) is 0 Å². The quantitative estimate of drug-likeness (QED) is 0.927. The fourth-order valence-electron chi connectivity index (χ4n) is 2.54. The lowest BCUT2D eigenvalue weighted by Crippen LogP contribution is -2.52. The van der Waals surface area contributed by atoms with E-state index < -0.39 is 5.54 Å². The first kappa shape index (κ1) is 13.3. The van der Waals surface area contributed by atoms with E-state index in [4.69, 9.17) is 5.73 Å². The first-order valence-electron chi connectivity index (χ1n) is 6.24. The van der Waals surface area contributed by atoms with Crippen LogP contribution in [0.2, 0.25) is 0 Å². The number of guanidine groups is 1. The van der Waals surface area contributed by atoms with Crippen LogP contribution in [0.15, 0.2) is 40.0 Å². The number of carbonyl (C=O) groups excluding carboxylic acids is 1. The lowest BCUT2D eigenvalue weighted by molar-refractivity contribution is -0.130. The molecule has 0 fully saturated rings. The van der Waals surface area contributed by atoms with Crippen molar-refractivity contribution in [3.05, 3.63) is 44.8 Å². The molecule has 0 radical (unpaired) electrons. The maximum atomic E-state index is 12.7. The van der Waals surface area contributed by atoms with Gasteiger partial charge in [0, 0.05) is 16.8 Å². The third-order valence-corrected chi connectivity index (χ3v) is 5.71. The number of rotatable bonds is 2. The van der Waals surface area contributed by atoms with Gasteiger partial charge in [-0.05, 0) is 29.8 Å². The van der Waals surface area contributed by atoms with Gasteiger partial charge < -0.3 is 5.73 Å². The van der Waals surface area contributed by atoms with E-state index in [2.05, 4.69) is 4.99 Å². The van der Waals surface area contributed by atoms with Crippen molar-refractivity contribution in [2.75, 3.05) is 7.05 Å². The molecule has 2 unspecified atom stereocenters. The maximum Gasteiger partial charge on any atom is 0.240 e. The predicted octanol–water partition coefficient (Wildman–Crippen LogP) is 2.60. The number of likely N-dealkylation sites (N-methyl/N-ethyl adjacent to an activating group) is 1. The molecule has 0 aliphatic carbocycles. The molecule has 1 aliphatic rings. The molecule has 0 spiro atoms. The molecule has 3 rings (SSSR count). The Balaban J connectivity index is 2.20. The normalized spacial score (nSPS) is 26.7. The molecule has 2 aromatic rings. The van der Waals surface area contributed by atoms with Crippen LogP contribution in [0.3, 0.4) is 0 Å². The average Bonchev–Trinajstić information content (AvgIpc) is 3.09. The molecule has 1 aliphatic heterocycles. The first-order chi connectivity index (χ1) is 9.54. The molecule has 2 aromatic heterocycles. The van der Waals surface area contributed by atoms with E-state index in [1.54, 1.807) is 29.7 Å². The van der Waals surface area contributed by atoms with Crippen LogP contribution in [0.25, 0.3) is 0 Å². The van der Waals surface area contributed by atoms with Crippen LogP contribution in [0.1, 0.15) is 22.6 Å². The summed E-state index contributed by atoms with van der Waals surface area (Å²) in [6.07, 6.45) is 0. The van der Waals surface area contributed by atoms with Crippen LogP contribution >= 0.6 is 22.7 Å². The van der Waals surface area contributed by atoms with Gasteiger partial charge in [-0.1, -0.05) is 12.1 Å². The molecule has 1 amide bonds. The molecule has 104 valence electrons. The number of thiophene rings is 2. The summed E-state index contributed by atoms with van der Waals surface area (Å²) in [5.74, 6) is -0.0481. The van der Waals surface area contributed by atoms with Crippen molar-refractivity contribution in [1.29, 1.82) is 0 Å². The number of hydrogen-bond donors (Lipinski definition) is 1. The average molecular weight is 305 g/mol. The second-order valence-corrected chi connectivity index (χ2v) is 6.87. The van der Waals surface area contributed by atoms with Crippen molar-refractivity contribution >= 4 is 34.5 Å². The summed E-state index contributed by atoms with van der Waals surface area (Å²) in [4.78, 5) is 20.9. The first-order valence-corrected chi connectivity index (χ1v) is 8.00. The summed E-state index contributed by atoms with van der Waals surface area (Å²) in [6.45, 7) is 1.99. The largest absolute Gasteiger partial charge is 0.369 e. The molecule has 0 aromatic carbocycles. The molecule has 0 saturated carbocycles. The fourth-order valence-corrected chi connectivity index (χ4v) is 4.34. The molecule has 2 atom stereocenters. The zero-order valence-electron chi connectivity index (χ0n) is 11.2. The molecular weight excluding hydrogens is 290 g/mol. The van der Waals surface area contributed by atoms with Gasteiger partial charge in [0.15, 0.2) is 5.96 Å². The highest BCUT2D eigenvalue weighted by atomic mass is 32.1. The maximum absolute atomic E-state index is 12.7. The van der Waals surface area contributed by atoms with Crippen LogP contribution in [0.4, 0.5) is 0 Å². The SMILES string of the molecule is CN1C(=O)C(c2cccs2)C(C)(c2cccs2)N=C1N. The van der Waals surface area contributed by atoms with E-state index in [9.17, 15) is 4.79 Å². The standard InChI is InChI=1S/C14H15N3OS2/c1-14(10-6-4-8-20-10)11(9-5-3-7-19-9)12(18)17(2)13(15)16-14/h3-8,11H,1-2H3,(H2,15,16). The Kier molecular flexibility index (Phi) is 3.14. The van der Waals surface area contributed by atoms with Gasteiger partial charge in [0.1, 0.15) is 11.5 Å². The molecule has 4 nitrogen and oxygen atoms in total. The second-order valence-electron chi connectivity index (χ2n) is 4.94. The van der Waals surface area contributed by atoms with Gasteiger partial charge in [0.25, 0.3) is 0 Å². The van der Waals surface area contributed by atoms with E-state index in [1.165, 1.54) is 4.90 Å². The minimum absolute atomic E-state index is 0.00384. The van der Waals surface area contributed by atoms with Crippen LogP contribution in [-0.2, 0) is 10.3 Å². The van der Waals surface area contributed by atoms with Crippen molar-refractivity contribution in [2.45, 2.75) is 18.4 Å². The lowest BCUT2D eigenvalue weighted by atomic mass is 9.81. The highest BCUT2D eigenvalue weighted by Crippen LogP contribution is 2.46. The summed E-state index contributed by atoms with van der Waals surface area (Å²) in [5, 5.41) is 3.99. The lowest BCUT2D eigenvalue weighted by Gasteiger charge is -2.39. The minimum atomic E-state index is -0.632. The zero-order valence-corrected chi connectivity index (χ0v) is 12.9. The van der Waals surface area contributed by atoms with Gasteiger partial charge in [0.2, 0.25) is 5.91 Å². The van der Waals surface area contributed by atoms with Gasteiger partial charge in [-0.3, -0.25) is 9.69 Å². The Morgan fingerprint density at radius 2 is 2.00 bits per heavy atom. The van der Waals surface area contributed by atoms with Crippen LogP contribution in [-0.4, -0.2) is 23.8 Å². The third kappa shape index (κ3) is 1.87. The topological polar surface area (TPSA) is 58.7 Å². The Morgan fingerprint density at radius 3 is 2.60 bits per heavy atom. The van der Waals surface area contributed by atoms with Crippen LogP contribution < -0.4 is 5.73 Å². The Morgan fingerprint density at radius 1 is 1.30 bits per heavy atom. The minimum Gasteiger partial charge on any atom is -0.369 e. The van der Waals surface area contributed by atoms with Gasteiger partial charge in [-0.15, -0.1) is 22.7 Å². The summed E-state index contributed by atoms with van der Waals surface area (Å²) >= 11 is 3.19. The van der Waals surface area contributed by atoms with E-state index in [1.807, 2.05) is 41.9 Å². The smallest absolute Gasteiger partial charge is 0.240 e. The molecule has 3 heterocycles. The van der Waals surface area contributed by atoms with Crippen molar-refractivity contribution in [1.82, 2.24) is 4.90 Å². The summed E-state index contributed by atoms with van der Waals surface area (Å²) in [7, 11) is 1.68. The molecule has 6 heteroatoms. The summed E-state index contributed by atoms with van der Waals surface area (Å²) < 4.78 is 0. The van der Waals surface area contributed by atoms with Crippen LogP contribution in [0, 0.1) is 0 Å². The fraction of sp³-hybridized carbons (Fsp3) is 0.286. The second kappa shape index (κ2) is 4.71. The molecule has 20 heavy (non-hydrogen) atoms. The summed E-state index contributed by atoms with van der Waals surface area (Å²) in [5.41, 5.74) is 5.30. The summed E-state index contributed by atoms with van der Waals surface area (Å²) in [6, 6.07) is 7.94. The zero-order chi connectivity index (χ0) is 14.3. The molecule has 2 N–H and O–H groups in total. The number of hydrogen-bond acceptors (Lipinski definition) is 5. The van der Waals surface area contributed by atoms with Gasteiger partial charge >= 0.3 is 0 Å². The Labute approximate surface area is 125 Å². The number of amides is 1. The third-order valence-electron chi connectivity index (χ3n) is 3.68. The van der Waals surface area contributed by atoms with Gasteiger partial charge in [0.05, 0.1) is 0 Å². The van der Waals surface area contributed by atoms with E-state index in [0.717, 1.165) is 9.75 Å². The highest BCUT2D eigenvalue weighted by molar-refractivity contribution is 7.10. The molecular formula is C14H15N3OS2. The van der Waals surface area contributed by atoms with Crippen molar-refractivity contribution in [3.8, 4) is 0 Å². The Hall–Kier alpha value is -1.66. The van der Waals surface area contributed by atoms with Crippen molar-refractivity contribution in [2.24, 2.45) is 10.7 Å². The number of aliphatic imine (C=N–C) groups is 1.